The third kappa shape index (κ3) is 3.26. The molecule has 2 aromatic rings. The second-order valence-corrected chi connectivity index (χ2v) is 9.84. The van der Waals surface area contributed by atoms with Crippen LogP contribution in [0.2, 0.25) is 0 Å². The van der Waals surface area contributed by atoms with Gasteiger partial charge in [-0.15, -0.1) is 16.8 Å². The maximum Gasteiger partial charge on any atom is 0.262 e. The molecule has 1 aromatic heterocycles. The van der Waals surface area contributed by atoms with Crippen molar-refractivity contribution in [3.8, 4) is 0 Å². The second-order valence-electron chi connectivity index (χ2n) is 6.70. The van der Waals surface area contributed by atoms with Crippen molar-refractivity contribution in [1.82, 2.24) is 19.7 Å². The first-order valence-electron chi connectivity index (χ1n) is 8.73. The van der Waals surface area contributed by atoms with Gasteiger partial charge in [-0.1, -0.05) is 30.0 Å². The molecule has 2 aliphatic heterocycles. The summed E-state index contributed by atoms with van der Waals surface area (Å²) in [5.74, 6) is 0.0541. The molecule has 28 heavy (non-hydrogen) atoms. The van der Waals surface area contributed by atoms with Crippen molar-refractivity contribution in [3.05, 3.63) is 53.9 Å². The molecular weight excluding hydrogens is 400 g/mol. The number of carbonyl (C=O) groups is 2. The number of hydrogen-bond donors (Lipinski definition) is 0. The average Bonchev–Trinajstić information content (AvgIpc) is 3.30. The Morgan fingerprint density at radius 3 is 2.43 bits per heavy atom. The Bertz CT molecular complexity index is 1040. The fourth-order valence-corrected chi connectivity index (χ4v) is 6.13. The molecule has 0 N–H and O–H groups in total. The summed E-state index contributed by atoms with van der Waals surface area (Å²) in [4.78, 5) is 26.2. The smallest absolute Gasteiger partial charge is 0.262 e. The molecule has 146 valence electrons. The van der Waals surface area contributed by atoms with E-state index in [4.69, 9.17) is 0 Å². The van der Waals surface area contributed by atoms with E-state index in [0.29, 0.717) is 35.1 Å². The van der Waals surface area contributed by atoms with Gasteiger partial charge in [0.25, 0.3) is 11.8 Å². The number of rotatable bonds is 6. The zero-order valence-corrected chi connectivity index (χ0v) is 16.6. The third-order valence-electron chi connectivity index (χ3n) is 4.86. The molecule has 8 nitrogen and oxygen atoms in total. The molecule has 1 fully saturated rings. The number of nitrogens with zero attached hydrogens (tertiary/aromatic N) is 4. The molecule has 2 aliphatic rings. The topological polar surface area (TPSA) is 102 Å². The Morgan fingerprint density at radius 2 is 1.86 bits per heavy atom. The van der Waals surface area contributed by atoms with Crippen molar-refractivity contribution < 1.29 is 18.0 Å². The molecule has 0 spiro atoms. The van der Waals surface area contributed by atoms with Gasteiger partial charge in [0.2, 0.25) is 0 Å². The lowest BCUT2D eigenvalue weighted by molar-refractivity contribution is 0.0684. The molecule has 0 bridgehead atoms. The Kier molecular flexibility index (Phi) is 4.84. The normalized spacial score (nSPS) is 20.6. The first-order valence-corrected chi connectivity index (χ1v) is 11.5. The number of amides is 2. The number of sulfone groups is 1. The number of thioether (sulfide) groups is 1. The van der Waals surface area contributed by atoms with Gasteiger partial charge < -0.3 is 4.57 Å². The Hall–Kier alpha value is -2.46. The summed E-state index contributed by atoms with van der Waals surface area (Å²) in [7, 11) is -3.05. The van der Waals surface area contributed by atoms with E-state index < -0.39 is 9.84 Å². The minimum Gasteiger partial charge on any atom is -0.302 e. The Labute approximate surface area is 166 Å². The van der Waals surface area contributed by atoms with Gasteiger partial charge in [-0.25, -0.2) is 8.42 Å². The van der Waals surface area contributed by atoms with Crippen molar-refractivity contribution in [3.63, 3.8) is 0 Å². The molecule has 3 heterocycles. The molecule has 10 heteroatoms. The van der Waals surface area contributed by atoms with Gasteiger partial charge in [-0.3, -0.25) is 14.5 Å². The summed E-state index contributed by atoms with van der Waals surface area (Å²) in [5.41, 5.74) is 0.801. The number of hydrogen-bond acceptors (Lipinski definition) is 7. The minimum absolute atomic E-state index is 0.0609. The number of aromatic nitrogens is 3. The van der Waals surface area contributed by atoms with Crippen molar-refractivity contribution in [1.29, 1.82) is 0 Å². The van der Waals surface area contributed by atoms with E-state index in [2.05, 4.69) is 16.8 Å². The van der Waals surface area contributed by atoms with Crippen LogP contribution in [0.3, 0.4) is 0 Å². The van der Waals surface area contributed by atoms with Crippen LogP contribution in [-0.2, 0) is 16.4 Å². The van der Waals surface area contributed by atoms with Crippen molar-refractivity contribution >= 4 is 33.4 Å². The van der Waals surface area contributed by atoms with Gasteiger partial charge in [-0.2, -0.15) is 0 Å². The number of fused-ring (bicyclic) bond motifs is 1. The summed E-state index contributed by atoms with van der Waals surface area (Å²) in [6.45, 7) is 4.16. The van der Waals surface area contributed by atoms with Gasteiger partial charge >= 0.3 is 0 Å². The van der Waals surface area contributed by atoms with Gasteiger partial charge in [0.1, 0.15) is 5.82 Å². The predicted molar refractivity (Wildman–Crippen MR) is 104 cm³/mol. The lowest BCUT2D eigenvalue weighted by Crippen LogP contribution is -2.29. The Balaban J connectivity index is 1.54. The zero-order valence-electron chi connectivity index (χ0n) is 14.9. The lowest BCUT2D eigenvalue weighted by atomic mass is 10.1. The molecule has 0 aliphatic carbocycles. The standard InChI is InChI=1S/C18H18N4O4S2/c1-2-8-21-15(12-7-9-28(25,26)10-12)19-20-18(21)27-11-22-16(23)13-5-3-4-6-14(13)17(22)24/h2-6,12H,1,7-11H2/t12-/m1/s1. The van der Waals surface area contributed by atoms with Gasteiger partial charge in [0, 0.05) is 12.5 Å². The number of imide groups is 1. The summed E-state index contributed by atoms with van der Waals surface area (Å²) in [6.07, 6.45) is 2.20. The van der Waals surface area contributed by atoms with Gasteiger partial charge in [0.15, 0.2) is 15.0 Å². The van der Waals surface area contributed by atoms with Gasteiger partial charge in [-0.05, 0) is 18.6 Å². The van der Waals surface area contributed by atoms with Crippen LogP contribution >= 0.6 is 11.8 Å². The van der Waals surface area contributed by atoms with Crippen LogP contribution in [0.1, 0.15) is 38.9 Å². The third-order valence-corrected chi connectivity index (χ3v) is 7.57. The first kappa shape index (κ1) is 18.9. The fraction of sp³-hybridized carbons (Fsp3) is 0.333. The van der Waals surface area contributed by atoms with E-state index in [-0.39, 0.29) is 35.1 Å². The largest absolute Gasteiger partial charge is 0.302 e. The summed E-state index contributed by atoms with van der Waals surface area (Å²) in [5, 5.41) is 8.89. The van der Waals surface area contributed by atoms with Crippen molar-refractivity contribution in [2.24, 2.45) is 0 Å². The molecule has 1 atom stereocenters. The van der Waals surface area contributed by atoms with E-state index in [1.165, 1.54) is 16.7 Å². The van der Waals surface area contributed by atoms with E-state index in [9.17, 15) is 18.0 Å². The second kappa shape index (κ2) is 7.17. The molecule has 1 saturated heterocycles. The molecular formula is C18H18N4O4S2. The van der Waals surface area contributed by atoms with Crippen LogP contribution in [0, 0.1) is 0 Å². The predicted octanol–water partition coefficient (Wildman–Crippen LogP) is 1.71. The van der Waals surface area contributed by atoms with Crippen LogP contribution < -0.4 is 0 Å². The molecule has 0 unspecified atom stereocenters. The lowest BCUT2D eigenvalue weighted by Gasteiger charge is -2.14. The average molecular weight is 419 g/mol. The summed E-state index contributed by atoms with van der Waals surface area (Å²) < 4.78 is 25.4. The highest BCUT2D eigenvalue weighted by Gasteiger charge is 2.36. The number of carbonyl (C=O) groups excluding carboxylic acids is 2. The van der Waals surface area contributed by atoms with Crippen LogP contribution in [0.4, 0.5) is 0 Å². The maximum absolute atomic E-state index is 12.5. The van der Waals surface area contributed by atoms with E-state index in [1.807, 2.05) is 0 Å². The van der Waals surface area contributed by atoms with Crippen molar-refractivity contribution in [2.75, 3.05) is 17.4 Å². The monoisotopic (exact) mass is 418 g/mol. The first-order chi connectivity index (χ1) is 13.4. The van der Waals surface area contributed by atoms with E-state index >= 15 is 0 Å². The highest BCUT2D eigenvalue weighted by atomic mass is 32.2. The van der Waals surface area contributed by atoms with Gasteiger partial charge in [0.05, 0.1) is 28.5 Å². The molecule has 1 aromatic carbocycles. The summed E-state index contributed by atoms with van der Waals surface area (Å²) in [6, 6.07) is 6.73. The van der Waals surface area contributed by atoms with Crippen LogP contribution in [0.25, 0.3) is 0 Å². The number of allylic oxidation sites excluding steroid dienone is 1. The highest BCUT2D eigenvalue weighted by Crippen LogP contribution is 2.31. The van der Waals surface area contributed by atoms with E-state index in [0.717, 1.165) is 0 Å². The molecule has 4 rings (SSSR count). The van der Waals surface area contributed by atoms with Crippen LogP contribution in [0.5, 0.6) is 0 Å². The van der Waals surface area contributed by atoms with Crippen LogP contribution in [0.15, 0.2) is 42.1 Å². The van der Waals surface area contributed by atoms with Crippen LogP contribution in [-0.4, -0.2) is 57.3 Å². The Morgan fingerprint density at radius 1 is 1.18 bits per heavy atom. The zero-order chi connectivity index (χ0) is 19.9. The highest BCUT2D eigenvalue weighted by molar-refractivity contribution is 7.99. The molecule has 0 radical (unpaired) electrons. The summed E-state index contributed by atoms with van der Waals surface area (Å²) >= 11 is 1.22. The quantitative estimate of drug-likeness (QED) is 0.400. The minimum atomic E-state index is -3.05. The molecule has 0 saturated carbocycles. The van der Waals surface area contributed by atoms with E-state index in [1.54, 1.807) is 34.9 Å². The molecule has 2 amide bonds. The number of benzene rings is 1. The fourth-order valence-electron chi connectivity index (χ4n) is 3.49. The van der Waals surface area contributed by atoms with Crippen molar-refractivity contribution in [2.45, 2.75) is 24.0 Å². The maximum atomic E-state index is 12.5. The SMILES string of the molecule is C=CCn1c(SCN2C(=O)c3ccccc3C2=O)nnc1[C@@H]1CCS(=O)(=O)C1.